The van der Waals surface area contributed by atoms with Crippen LogP contribution < -0.4 is 10.2 Å². The van der Waals surface area contributed by atoms with Crippen LogP contribution in [0.1, 0.15) is 32.6 Å². The van der Waals surface area contributed by atoms with Gasteiger partial charge < -0.3 is 20.2 Å². The Morgan fingerprint density at radius 3 is 2.74 bits per heavy atom. The molecule has 2 aliphatic rings. The van der Waals surface area contributed by atoms with Crippen molar-refractivity contribution in [1.82, 2.24) is 4.90 Å². The van der Waals surface area contributed by atoms with Crippen molar-refractivity contribution in [3.8, 4) is 0 Å². The number of carboxylic acid groups (broad SMARTS) is 1. The van der Waals surface area contributed by atoms with Crippen LogP contribution >= 0.6 is 0 Å². The molecule has 0 atom stereocenters. The highest BCUT2D eigenvalue weighted by molar-refractivity contribution is 5.74. The first kappa shape index (κ1) is 16.1. The summed E-state index contributed by atoms with van der Waals surface area (Å²) < 4.78 is 0. The molecule has 1 spiro atoms. The third kappa shape index (κ3) is 3.61. The molecule has 1 aromatic rings. The SMILES string of the molecule is CCN1CCC2(CC1)CN(CCCC(=O)O)c1ccccc1N2. The number of anilines is 2. The molecule has 0 aliphatic carbocycles. The molecule has 126 valence electrons. The van der Waals surface area contributed by atoms with Gasteiger partial charge in [-0.2, -0.15) is 0 Å². The van der Waals surface area contributed by atoms with Gasteiger partial charge in [-0.25, -0.2) is 0 Å². The maximum atomic E-state index is 10.8. The second kappa shape index (κ2) is 6.79. The summed E-state index contributed by atoms with van der Waals surface area (Å²) >= 11 is 0. The highest BCUT2D eigenvalue weighted by atomic mass is 16.4. The Hall–Kier alpha value is -1.75. The minimum Gasteiger partial charge on any atom is -0.481 e. The number of fused-ring (bicyclic) bond motifs is 1. The maximum absolute atomic E-state index is 10.8. The van der Waals surface area contributed by atoms with E-state index in [9.17, 15) is 4.79 Å². The van der Waals surface area contributed by atoms with E-state index in [0.29, 0.717) is 6.42 Å². The van der Waals surface area contributed by atoms with Crippen LogP contribution in [0.25, 0.3) is 0 Å². The first-order valence-electron chi connectivity index (χ1n) is 8.68. The van der Waals surface area contributed by atoms with Gasteiger partial charge in [0.1, 0.15) is 0 Å². The predicted octanol–water partition coefficient (Wildman–Crippen LogP) is 2.64. The second-order valence-corrected chi connectivity index (χ2v) is 6.78. The average Bonchev–Trinajstić information content (AvgIpc) is 2.55. The second-order valence-electron chi connectivity index (χ2n) is 6.78. The van der Waals surface area contributed by atoms with Crippen LogP contribution in [0.15, 0.2) is 24.3 Å². The van der Waals surface area contributed by atoms with Gasteiger partial charge in [0.2, 0.25) is 0 Å². The Morgan fingerprint density at radius 1 is 1.30 bits per heavy atom. The number of hydrogen-bond acceptors (Lipinski definition) is 4. The topological polar surface area (TPSA) is 55.8 Å². The number of para-hydroxylation sites is 2. The van der Waals surface area contributed by atoms with E-state index in [1.807, 2.05) is 0 Å². The van der Waals surface area contributed by atoms with Gasteiger partial charge in [-0.1, -0.05) is 19.1 Å². The van der Waals surface area contributed by atoms with Gasteiger partial charge >= 0.3 is 5.97 Å². The standard InChI is InChI=1S/C18H27N3O2/c1-2-20-12-9-18(10-13-20)14-21(11-5-8-17(22)23)16-7-4-3-6-15(16)19-18/h3-4,6-7,19H,2,5,8-14H2,1H3,(H,22,23). The molecule has 2 aliphatic heterocycles. The van der Waals surface area contributed by atoms with Gasteiger partial charge in [-0.05, 0) is 37.9 Å². The largest absolute Gasteiger partial charge is 0.481 e. The molecule has 2 heterocycles. The van der Waals surface area contributed by atoms with Crippen LogP contribution in [-0.4, -0.2) is 54.2 Å². The number of nitrogens with one attached hydrogen (secondary N) is 1. The van der Waals surface area contributed by atoms with E-state index in [1.165, 1.54) is 11.4 Å². The van der Waals surface area contributed by atoms with Crippen molar-refractivity contribution in [3.05, 3.63) is 24.3 Å². The minimum absolute atomic E-state index is 0.128. The van der Waals surface area contributed by atoms with E-state index in [-0.39, 0.29) is 12.0 Å². The van der Waals surface area contributed by atoms with E-state index in [1.54, 1.807) is 0 Å². The van der Waals surface area contributed by atoms with Crippen molar-refractivity contribution in [3.63, 3.8) is 0 Å². The van der Waals surface area contributed by atoms with E-state index in [2.05, 4.69) is 46.3 Å². The van der Waals surface area contributed by atoms with Crippen LogP contribution in [-0.2, 0) is 4.79 Å². The van der Waals surface area contributed by atoms with Crippen LogP contribution in [0, 0.1) is 0 Å². The first-order valence-corrected chi connectivity index (χ1v) is 8.68. The zero-order valence-corrected chi connectivity index (χ0v) is 13.9. The fraction of sp³-hybridized carbons (Fsp3) is 0.611. The van der Waals surface area contributed by atoms with Gasteiger partial charge in [0, 0.05) is 32.6 Å². The third-order valence-corrected chi connectivity index (χ3v) is 5.22. The van der Waals surface area contributed by atoms with Crippen molar-refractivity contribution in [2.45, 2.75) is 38.1 Å². The fourth-order valence-corrected chi connectivity index (χ4v) is 3.83. The lowest BCUT2D eigenvalue weighted by Gasteiger charge is -2.49. The summed E-state index contributed by atoms with van der Waals surface area (Å²) in [7, 11) is 0. The molecule has 1 fully saturated rings. The fourth-order valence-electron chi connectivity index (χ4n) is 3.83. The Morgan fingerprint density at radius 2 is 2.04 bits per heavy atom. The lowest BCUT2D eigenvalue weighted by Crippen LogP contribution is -2.58. The number of aliphatic carboxylic acids is 1. The Balaban J connectivity index is 1.75. The van der Waals surface area contributed by atoms with Gasteiger partial charge in [-0.15, -0.1) is 0 Å². The summed E-state index contributed by atoms with van der Waals surface area (Å²) in [5, 5.41) is 12.7. The molecule has 1 saturated heterocycles. The zero-order chi connectivity index (χ0) is 16.3. The van der Waals surface area contributed by atoms with E-state index >= 15 is 0 Å². The van der Waals surface area contributed by atoms with Gasteiger partial charge in [0.25, 0.3) is 0 Å². The molecular weight excluding hydrogens is 290 g/mol. The zero-order valence-electron chi connectivity index (χ0n) is 13.9. The Kier molecular flexibility index (Phi) is 4.76. The normalized spacial score (nSPS) is 20.1. The van der Waals surface area contributed by atoms with Crippen LogP contribution in [0.2, 0.25) is 0 Å². The average molecular weight is 317 g/mol. The number of hydrogen-bond donors (Lipinski definition) is 2. The third-order valence-electron chi connectivity index (χ3n) is 5.22. The molecule has 0 bridgehead atoms. The van der Waals surface area contributed by atoms with Crippen LogP contribution in [0.4, 0.5) is 11.4 Å². The van der Waals surface area contributed by atoms with Gasteiger partial charge in [-0.3, -0.25) is 4.79 Å². The molecule has 3 rings (SSSR count). The summed E-state index contributed by atoms with van der Waals surface area (Å²) in [6, 6.07) is 8.41. The van der Waals surface area contributed by atoms with Crippen LogP contribution in [0.3, 0.4) is 0 Å². The van der Waals surface area contributed by atoms with E-state index in [4.69, 9.17) is 5.11 Å². The minimum atomic E-state index is -0.709. The van der Waals surface area contributed by atoms with Crippen molar-refractivity contribution < 1.29 is 9.90 Å². The number of likely N-dealkylation sites (tertiary alicyclic amines) is 1. The lowest BCUT2D eigenvalue weighted by molar-refractivity contribution is -0.137. The van der Waals surface area contributed by atoms with Gasteiger partial charge in [0.15, 0.2) is 0 Å². The molecule has 23 heavy (non-hydrogen) atoms. The molecule has 5 nitrogen and oxygen atoms in total. The maximum Gasteiger partial charge on any atom is 0.303 e. The van der Waals surface area contributed by atoms with Crippen molar-refractivity contribution in [1.29, 1.82) is 0 Å². The molecule has 0 radical (unpaired) electrons. The molecule has 2 N–H and O–H groups in total. The number of nitrogens with zero attached hydrogens (tertiary/aromatic N) is 2. The molecule has 0 unspecified atom stereocenters. The Labute approximate surface area is 138 Å². The number of piperidine rings is 1. The summed E-state index contributed by atoms with van der Waals surface area (Å²) in [6.45, 7) is 7.39. The number of carboxylic acids is 1. The van der Waals surface area contributed by atoms with E-state index in [0.717, 1.165) is 45.6 Å². The highest BCUT2D eigenvalue weighted by Gasteiger charge is 2.39. The summed E-state index contributed by atoms with van der Waals surface area (Å²) in [6.07, 6.45) is 3.22. The number of carbonyl (C=O) groups is 1. The number of rotatable bonds is 5. The van der Waals surface area contributed by atoms with Crippen molar-refractivity contribution in [2.24, 2.45) is 0 Å². The van der Waals surface area contributed by atoms with Crippen LogP contribution in [0.5, 0.6) is 0 Å². The molecule has 0 aromatic heterocycles. The number of benzene rings is 1. The summed E-state index contributed by atoms with van der Waals surface area (Å²) in [4.78, 5) is 15.7. The highest BCUT2D eigenvalue weighted by Crippen LogP contribution is 2.38. The molecule has 1 aromatic carbocycles. The smallest absolute Gasteiger partial charge is 0.303 e. The lowest BCUT2D eigenvalue weighted by atomic mass is 9.84. The molecule has 0 saturated carbocycles. The van der Waals surface area contributed by atoms with Crippen molar-refractivity contribution in [2.75, 3.05) is 42.9 Å². The van der Waals surface area contributed by atoms with E-state index < -0.39 is 5.97 Å². The predicted molar refractivity (Wildman–Crippen MR) is 93.2 cm³/mol. The molecule has 5 heteroatoms. The van der Waals surface area contributed by atoms with Gasteiger partial charge in [0.05, 0.1) is 16.9 Å². The molecular formula is C18H27N3O2. The quantitative estimate of drug-likeness (QED) is 0.874. The Bertz CT molecular complexity index is 553. The summed E-state index contributed by atoms with van der Waals surface area (Å²) in [5.74, 6) is -0.709. The molecule has 0 amide bonds. The van der Waals surface area contributed by atoms with Crippen molar-refractivity contribution >= 4 is 17.3 Å². The monoisotopic (exact) mass is 317 g/mol. The summed E-state index contributed by atoms with van der Waals surface area (Å²) in [5.41, 5.74) is 2.53. The first-order chi connectivity index (χ1) is 11.1.